The standard InChI is InChI=1S/C6H11N4/c1-2-3-4-5-10-8-6-7-9-10/h2-5H2,1H3. The third-order valence-corrected chi connectivity index (χ3v) is 1.31. The van der Waals surface area contributed by atoms with Gasteiger partial charge in [0.1, 0.15) is 0 Å². The molecule has 1 rings (SSSR count). The van der Waals surface area contributed by atoms with E-state index >= 15 is 0 Å². The monoisotopic (exact) mass is 139 g/mol. The van der Waals surface area contributed by atoms with Crippen LogP contribution in [0.4, 0.5) is 0 Å². The van der Waals surface area contributed by atoms with Gasteiger partial charge in [0.25, 0.3) is 0 Å². The van der Waals surface area contributed by atoms with E-state index in [2.05, 4.69) is 28.7 Å². The Bertz CT molecular complexity index is 158. The molecule has 0 saturated heterocycles. The van der Waals surface area contributed by atoms with Crippen molar-refractivity contribution in [3.8, 4) is 0 Å². The molecule has 0 amide bonds. The molecule has 1 aromatic heterocycles. The van der Waals surface area contributed by atoms with Crippen molar-refractivity contribution in [1.29, 1.82) is 0 Å². The smallest absolute Gasteiger partial charge is 0.164 e. The van der Waals surface area contributed by atoms with Crippen molar-refractivity contribution >= 4 is 0 Å². The number of hydrogen-bond donors (Lipinski definition) is 0. The molecule has 1 radical (unpaired) electrons. The van der Waals surface area contributed by atoms with E-state index in [1.165, 1.54) is 12.8 Å². The fraction of sp³-hybridized carbons (Fsp3) is 0.833. The second kappa shape index (κ2) is 3.98. The van der Waals surface area contributed by atoms with E-state index < -0.39 is 0 Å². The van der Waals surface area contributed by atoms with E-state index in [9.17, 15) is 0 Å². The Hall–Kier alpha value is -0.930. The van der Waals surface area contributed by atoms with Crippen molar-refractivity contribution in [3.05, 3.63) is 6.33 Å². The highest BCUT2D eigenvalue weighted by atomic mass is 15.6. The van der Waals surface area contributed by atoms with Crippen LogP contribution < -0.4 is 0 Å². The van der Waals surface area contributed by atoms with Crippen LogP contribution in [0.15, 0.2) is 0 Å². The zero-order valence-electron chi connectivity index (χ0n) is 6.12. The van der Waals surface area contributed by atoms with Gasteiger partial charge in [0.2, 0.25) is 6.33 Å². The van der Waals surface area contributed by atoms with Gasteiger partial charge >= 0.3 is 0 Å². The predicted molar refractivity (Wildman–Crippen MR) is 36.2 cm³/mol. The highest BCUT2D eigenvalue weighted by molar-refractivity contribution is 4.39. The second-order valence-corrected chi connectivity index (χ2v) is 2.19. The van der Waals surface area contributed by atoms with Gasteiger partial charge in [-0.1, -0.05) is 19.8 Å². The Balaban J connectivity index is 2.15. The van der Waals surface area contributed by atoms with Crippen molar-refractivity contribution in [2.24, 2.45) is 0 Å². The van der Waals surface area contributed by atoms with Gasteiger partial charge in [-0.15, -0.1) is 10.2 Å². The molecule has 0 saturated carbocycles. The number of rotatable bonds is 4. The molecular weight excluding hydrogens is 128 g/mol. The first-order chi connectivity index (χ1) is 4.93. The first-order valence-electron chi connectivity index (χ1n) is 3.57. The molecule has 0 spiro atoms. The molecule has 55 valence electrons. The summed E-state index contributed by atoms with van der Waals surface area (Å²) in [7, 11) is 0. The third kappa shape index (κ3) is 2.13. The summed E-state index contributed by atoms with van der Waals surface area (Å²) >= 11 is 0. The van der Waals surface area contributed by atoms with Gasteiger partial charge in [-0.3, -0.25) is 0 Å². The van der Waals surface area contributed by atoms with Crippen LogP contribution in [0.25, 0.3) is 0 Å². The van der Waals surface area contributed by atoms with Crippen molar-refractivity contribution in [2.75, 3.05) is 0 Å². The summed E-state index contributed by atoms with van der Waals surface area (Å²) < 4.78 is 0. The lowest BCUT2D eigenvalue weighted by Gasteiger charge is -1.94. The van der Waals surface area contributed by atoms with E-state index in [0.29, 0.717) is 0 Å². The van der Waals surface area contributed by atoms with Gasteiger partial charge in [-0.2, -0.15) is 4.80 Å². The maximum atomic E-state index is 3.76. The van der Waals surface area contributed by atoms with Crippen LogP contribution in [0.3, 0.4) is 0 Å². The van der Waals surface area contributed by atoms with Gasteiger partial charge in [-0.05, 0) is 11.6 Å². The van der Waals surface area contributed by atoms with Gasteiger partial charge in [0.15, 0.2) is 0 Å². The van der Waals surface area contributed by atoms with Crippen molar-refractivity contribution in [1.82, 2.24) is 20.2 Å². The summed E-state index contributed by atoms with van der Waals surface area (Å²) in [6.07, 6.45) is 5.98. The van der Waals surface area contributed by atoms with Gasteiger partial charge in [-0.25, -0.2) is 0 Å². The first kappa shape index (κ1) is 7.18. The fourth-order valence-corrected chi connectivity index (χ4v) is 0.761. The lowest BCUT2D eigenvalue weighted by molar-refractivity contribution is 0.485. The normalized spacial score (nSPS) is 10.1. The van der Waals surface area contributed by atoms with E-state index in [1.54, 1.807) is 4.80 Å². The Morgan fingerprint density at radius 2 is 2.30 bits per heavy atom. The summed E-state index contributed by atoms with van der Waals surface area (Å²) in [6, 6.07) is 0. The molecule has 4 heteroatoms. The minimum Gasteiger partial charge on any atom is -0.164 e. The van der Waals surface area contributed by atoms with Crippen LogP contribution in [0.1, 0.15) is 26.2 Å². The van der Waals surface area contributed by atoms with E-state index in [0.717, 1.165) is 13.0 Å². The Morgan fingerprint density at radius 3 is 2.90 bits per heavy atom. The van der Waals surface area contributed by atoms with Crippen LogP contribution in [0.5, 0.6) is 0 Å². The minimum atomic E-state index is 0.865. The molecule has 10 heavy (non-hydrogen) atoms. The SMILES string of the molecule is CCCCCn1n[c]nn1. The molecule has 0 aromatic carbocycles. The summed E-state index contributed by atoms with van der Waals surface area (Å²) in [5.74, 6) is 0. The molecule has 0 unspecified atom stereocenters. The lowest BCUT2D eigenvalue weighted by Crippen LogP contribution is -2.01. The number of aromatic nitrogens is 4. The number of hydrogen-bond acceptors (Lipinski definition) is 3. The topological polar surface area (TPSA) is 43.6 Å². The maximum Gasteiger partial charge on any atom is 0.245 e. The zero-order chi connectivity index (χ0) is 7.23. The van der Waals surface area contributed by atoms with Crippen LogP contribution >= 0.6 is 0 Å². The van der Waals surface area contributed by atoms with Crippen molar-refractivity contribution in [2.45, 2.75) is 32.7 Å². The Morgan fingerprint density at radius 1 is 1.40 bits per heavy atom. The number of tetrazole rings is 1. The van der Waals surface area contributed by atoms with Crippen LogP contribution in [-0.4, -0.2) is 20.2 Å². The fourth-order valence-electron chi connectivity index (χ4n) is 0.761. The third-order valence-electron chi connectivity index (χ3n) is 1.31. The lowest BCUT2D eigenvalue weighted by atomic mass is 10.2. The molecule has 0 aliphatic rings. The van der Waals surface area contributed by atoms with Crippen LogP contribution in [-0.2, 0) is 6.54 Å². The van der Waals surface area contributed by atoms with Crippen molar-refractivity contribution in [3.63, 3.8) is 0 Å². The summed E-state index contributed by atoms with van der Waals surface area (Å²) in [5.41, 5.74) is 0. The van der Waals surface area contributed by atoms with E-state index in [-0.39, 0.29) is 0 Å². The molecule has 0 aliphatic heterocycles. The average molecular weight is 139 g/mol. The number of nitrogens with zero attached hydrogens (tertiary/aromatic N) is 4. The van der Waals surface area contributed by atoms with Crippen molar-refractivity contribution < 1.29 is 0 Å². The minimum absolute atomic E-state index is 0.865. The van der Waals surface area contributed by atoms with E-state index in [4.69, 9.17) is 0 Å². The second-order valence-electron chi connectivity index (χ2n) is 2.19. The average Bonchev–Trinajstić information content (AvgIpc) is 2.41. The molecule has 1 heterocycles. The molecule has 0 bridgehead atoms. The predicted octanol–water partition coefficient (Wildman–Crippen LogP) is 0.663. The molecule has 0 aliphatic carbocycles. The highest BCUT2D eigenvalue weighted by Gasteiger charge is 1.90. The molecule has 0 atom stereocenters. The first-order valence-corrected chi connectivity index (χ1v) is 3.57. The molecule has 0 N–H and O–H groups in total. The highest BCUT2D eigenvalue weighted by Crippen LogP contribution is 1.94. The van der Waals surface area contributed by atoms with Crippen LogP contribution in [0, 0.1) is 6.33 Å². The molecular formula is C6H11N4. The van der Waals surface area contributed by atoms with Gasteiger partial charge in [0.05, 0.1) is 6.54 Å². The molecule has 1 aromatic rings. The van der Waals surface area contributed by atoms with Crippen LogP contribution in [0.2, 0.25) is 0 Å². The summed E-state index contributed by atoms with van der Waals surface area (Å²) in [4.78, 5) is 1.57. The molecule has 0 fully saturated rings. The Kier molecular flexibility index (Phi) is 2.86. The van der Waals surface area contributed by atoms with E-state index in [1.807, 2.05) is 0 Å². The summed E-state index contributed by atoms with van der Waals surface area (Å²) in [6.45, 7) is 3.03. The zero-order valence-corrected chi connectivity index (χ0v) is 6.12. The van der Waals surface area contributed by atoms with Gasteiger partial charge in [0, 0.05) is 0 Å². The Labute approximate surface area is 60.2 Å². The largest absolute Gasteiger partial charge is 0.245 e. The number of unbranched alkanes of at least 4 members (excludes halogenated alkanes) is 2. The number of aryl methyl sites for hydroxylation is 1. The quantitative estimate of drug-likeness (QED) is 0.575. The summed E-state index contributed by atoms with van der Waals surface area (Å²) in [5, 5.41) is 10.9. The van der Waals surface area contributed by atoms with Gasteiger partial charge < -0.3 is 0 Å². The molecule has 4 nitrogen and oxygen atoms in total. The maximum absolute atomic E-state index is 3.76.